The molecule has 38 heavy (non-hydrogen) atoms. The molecule has 4 aromatic rings. The van der Waals surface area contributed by atoms with Crippen molar-refractivity contribution in [2.24, 2.45) is 0 Å². The topological polar surface area (TPSA) is 84.1 Å². The Morgan fingerprint density at radius 1 is 0.921 bits per heavy atom. The Hall–Kier alpha value is -3.72. The van der Waals surface area contributed by atoms with Crippen molar-refractivity contribution in [1.82, 2.24) is 29.2 Å². The van der Waals surface area contributed by atoms with Crippen molar-refractivity contribution in [3.05, 3.63) is 64.7 Å². The molecule has 0 atom stereocenters. The van der Waals surface area contributed by atoms with Gasteiger partial charge in [-0.2, -0.15) is 4.98 Å². The maximum Gasteiger partial charge on any atom is 0.278 e. The number of pyridine rings is 1. The highest BCUT2D eigenvalue weighted by Crippen LogP contribution is 2.39. The van der Waals surface area contributed by atoms with Crippen molar-refractivity contribution in [1.29, 1.82) is 0 Å². The summed E-state index contributed by atoms with van der Waals surface area (Å²) in [5, 5.41) is 3.83. The molecule has 0 amide bonds. The molecule has 1 aliphatic heterocycles. The molecule has 1 aromatic carbocycles. The molecule has 0 bridgehead atoms. The van der Waals surface area contributed by atoms with Gasteiger partial charge in [0.2, 0.25) is 5.95 Å². The summed E-state index contributed by atoms with van der Waals surface area (Å²) < 4.78 is 3.57. The van der Waals surface area contributed by atoms with Crippen LogP contribution < -0.4 is 15.8 Å². The number of nitrogens with zero attached hydrogens (tertiary/aromatic N) is 7. The lowest BCUT2D eigenvalue weighted by molar-refractivity contribution is 0.248. The monoisotopic (exact) mass is 510 g/mol. The molecule has 7 rings (SSSR count). The zero-order valence-electron chi connectivity index (χ0n) is 22.0. The van der Waals surface area contributed by atoms with Gasteiger partial charge in [0.15, 0.2) is 11.5 Å². The van der Waals surface area contributed by atoms with Crippen LogP contribution in [0.15, 0.2) is 53.5 Å². The molecule has 4 heterocycles. The maximum absolute atomic E-state index is 13.3. The normalized spacial score (nSPS) is 18.4. The number of piperazine rings is 1. The van der Waals surface area contributed by atoms with E-state index in [1.54, 1.807) is 10.9 Å². The van der Waals surface area contributed by atoms with Crippen LogP contribution in [0.1, 0.15) is 57.2 Å². The predicted molar refractivity (Wildman–Crippen MR) is 150 cm³/mol. The van der Waals surface area contributed by atoms with E-state index in [0.29, 0.717) is 28.7 Å². The van der Waals surface area contributed by atoms with Crippen molar-refractivity contribution in [3.63, 3.8) is 0 Å². The fourth-order valence-electron chi connectivity index (χ4n) is 5.58. The first-order valence-electron chi connectivity index (χ1n) is 13.9. The number of rotatable bonds is 7. The van der Waals surface area contributed by atoms with Crippen molar-refractivity contribution in [2.45, 2.75) is 57.5 Å². The second-order valence-corrected chi connectivity index (χ2v) is 11.1. The van der Waals surface area contributed by atoms with Gasteiger partial charge in [-0.15, -0.1) is 0 Å². The first-order chi connectivity index (χ1) is 18.5. The molecule has 9 heteroatoms. The first-order valence-corrected chi connectivity index (χ1v) is 13.9. The van der Waals surface area contributed by atoms with Crippen LogP contribution in [0, 0.1) is 0 Å². The van der Waals surface area contributed by atoms with E-state index in [2.05, 4.69) is 50.4 Å². The van der Waals surface area contributed by atoms with Crippen LogP contribution in [0.2, 0.25) is 0 Å². The van der Waals surface area contributed by atoms with Gasteiger partial charge in [-0.3, -0.25) is 9.69 Å². The number of hydrogen-bond acceptors (Lipinski definition) is 7. The zero-order chi connectivity index (χ0) is 25.8. The number of nitrogens with one attached hydrogen (secondary N) is 1. The molecule has 0 spiro atoms. The second kappa shape index (κ2) is 9.23. The van der Waals surface area contributed by atoms with Gasteiger partial charge in [-0.25, -0.2) is 19.3 Å². The molecule has 3 aromatic heterocycles. The summed E-state index contributed by atoms with van der Waals surface area (Å²) in [5.41, 5.74) is 3.69. The van der Waals surface area contributed by atoms with Gasteiger partial charge in [0.1, 0.15) is 5.39 Å². The van der Waals surface area contributed by atoms with Crippen LogP contribution in [0.5, 0.6) is 0 Å². The zero-order valence-corrected chi connectivity index (χ0v) is 22.0. The van der Waals surface area contributed by atoms with E-state index in [1.807, 2.05) is 30.7 Å². The van der Waals surface area contributed by atoms with E-state index in [1.165, 1.54) is 31.4 Å². The van der Waals surface area contributed by atoms with Gasteiger partial charge in [0.05, 0.1) is 0 Å². The highest BCUT2D eigenvalue weighted by Gasteiger charge is 2.31. The van der Waals surface area contributed by atoms with Crippen LogP contribution in [-0.4, -0.2) is 61.4 Å². The molecule has 196 valence electrons. The Morgan fingerprint density at radius 3 is 2.37 bits per heavy atom. The average molecular weight is 511 g/mol. The molecule has 2 aliphatic carbocycles. The van der Waals surface area contributed by atoms with Crippen molar-refractivity contribution in [3.8, 4) is 5.82 Å². The molecule has 3 aliphatic rings. The summed E-state index contributed by atoms with van der Waals surface area (Å²) in [6.07, 6.45) is 6.71. The fourth-order valence-corrected chi connectivity index (χ4v) is 5.58. The Kier molecular flexibility index (Phi) is 5.69. The van der Waals surface area contributed by atoms with E-state index >= 15 is 0 Å². The Labute approximate surface area is 222 Å². The van der Waals surface area contributed by atoms with Gasteiger partial charge in [0, 0.05) is 67.4 Å². The predicted octanol–water partition coefficient (Wildman–Crippen LogP) is 4.46. The lowest BCUT2D eigenvalue weighted by Crippen LogP contribution is -2.47. The van der Waals surface area contributed by atoms with E-state index in [0.717, 1.165) is 43.6 Å². The third-order valence-corrected chi connectivity index (χ3v) is 7.95. The van der Waals surface area contributed by atoms with E-state index in [9.17, 15) is 4.79 Å². The smallest absolute Gasteiger partial charge is 0.278 e. The summed E-state index contributed by atoms with van der Waals surface area (Å²) in [6, 6.07) is 15.3. The highest BCUT2D eigenvalue weighted by atomic mass is 16.1. The molecular formula is C29H34N8O. The molecule has 0 unspecified atom stereocenters. The maximum atomic E-state index is 13.3. The largest absolute Gasteiger partial charge is 0.369 e. The van der Waals surface area contributed by atoms with Crippen molar-refractivity contribution < 1.29 is 0 Å². The molecule has 0 radical (unpaired) electrons. The molecule has 1 saturated heterocycles. The molecular weight excluding hydrogens is 476 g/mol. The summed E-state index contributed by atoms with van der Waals surface area (Å²) in [5.74, 6) is 1.69. The SMILES string of the molecule is CC(C)n1c(=O)c2cnc(Nc3ccc(N4CCN(C5CC5)CC4)cc3)nc2n1-c1cccc(C2CC2)n1. The molecule has 1 N–H and O–H groups in total. The second-order valence-electron chi connectivity index (χ2n) is 11.1. The van der Waals surface area contributed by atoms with Gasteiger partial charge >= 0.3 is 0 Å². The third-order valence-electron chi connectivity index (χ3n) is 7.95. The number of fused-ring (bicyclic) bond motifs is 1. The lowest BCUT2D eigenvalue weighted by Gasteiger charge is -2.36. The van der Waals surface area contributed by atoms with Gasteiger partial charge in [0.25, 0.3) is 5.56 Å². The highest BCUT2D eigenvalue weighted by molar-refractivity contribution is 5.77. The number of aromatic nitrogens is 5. The third kappa shape index (κ3) is 4.34. The van der Waals surface area contributed by atoms with Crippen LogP contribution in [-0.2, 0) is 0 Å². The number of anilines is 3. The van der Waals surface area contributed by atoms with E-state index < -0.39 is 0 Å². The first kappa shape index (κ1) is 23.4. The summed E-state index contributed by atoms with van der Waals surface area (Å²) >= 11 is 0. The minimum absolute atomic E-state index is 0.0572. The average Bonchev–Trinajstić information content (AvgIpc) is 3.86. The minimum atomic E-state index is -0.105. The van der Waals surface area contributed by atoms with Crippen molar-refractivity contribution >= 4 is 28.4 Å². The van der Waals surface area contributed by atoms with Crippen LogP contribution in [0.4, 0.5) is 17.3 Å². The number of hydrogen-bond donors (Lipinski definition) is 1. The molecule has 9 nitrogen and oxygen atoms in total. The van der Waals surface area contributed by atoms with Crippen LogP contribution >= 0.6 is 0 Å². The van der Waals surface area contributed by atoms with Gasteiger partial charge in [-0.1, -0.05) is 6.07 Å². The molecule has 3 fully saturated rings. The van der Waals surface area contributed by atoms with E-state index in [-0.39, 0.29) is 11.6 Å². The van der Waals surface area contributed by atoms with Crippen molar-refractivity contribution in [2.75, 3.05) is 36.4 Å². The fraction of sp³-hybridized carbons (Fsp3) is 0.448. The number of benzene rings is 1. The Bertz CT molecular complexity index is 1520. The Morgan fingerprint density at radius 2 is 1.68 bits per heavy atom. The summed E-state index contributed by atoms with van der Waals surface area (Å²) in [4.78, 5) is 32.6. The standard InChI is InChI=1S/C29H34N8O/c1-19(2)36-28(38)24-18-30-29(33-27(24)37(36)26-5-3-4-25(32-26)20-6-7-20)31-21-8-10-22(11-9-21)34-14-16-35(17-15-34)23-12-13-23/h3-5,8-11,18-20,23H,6-7,12-17H2,1-2H3,(H,30,31,33). The van der Waals surface area contributed by atoms with Crippen LogP contribution in [0.3, 0.4) is 0 Å². The Balaban J connectivity index is 1.17. The quantitative estimate of drug-likeness (QED) is 0.393. The van der Waals surface area contributed by atoms with Crippen LogP contribution in [0.25, 0.3) is 16.9 Å². The minimum Gasteiger partial charge on any atom is -0.369 e. The molecule has 2 saturated carbocycles. The summed E-state index contributed by atoms with van der Waals surface area (Å²) in [6.45, 7) is 8.44. The van der Waals surface area contributed by atoms with Gasteiger partial charge in [-0.05, 0) is 75.9 Å². The van der Waals surface area contributed by atoms with E-state index in [4.69, 9.17) is 9.97 Å². The van der Waals surface area contributed by atoms with Gasteiger partial charge < -0.3 is 10.2 Å². The lowest BCUT2D eigenvalue weighted by atomic mass is 10.2. The summed E-state index contributed by atoms with van der Waals surface area (Å²) in [7, 11) is 0.